The first-order chi connectivity index (χ1) is 13.6. The van der Waals surface area contributed by atoms with E-state index in [0.717, 1.165) is 0 Å². The second kappa shape index (κ2) is 8.95. The predicted octanol–water partition coefficient (Wildman–Crippen LogP) is 0.0730. The molecule has 1 heterocycles. The lowest BCUT2D eigenvalue weighted by molar-refractivity contribution is -0.141. The Labute approximate surface area is 164 Å². The summed E-state index contributed by atoms with van der Waals surface area (Å²) in [5.74, 6) is -3.02. The van der Waals surface area contributed by atoms with Crippen molar-refractivity contribution in [3.63, 3.8) is 0 Å². The van der Waals surface area contributed by atoms with Crippen molar-refractivity contribution in [1.82, 2.24) is 10.6 Å². The van der Waals surface area contributed by atoms with Crippen molar-refractivity contribution in [1.29, 1.82) is 0 Å². The van der Waals surface area contributed by atoms with E-state index in [9.17, 15) is 34.5 Å². The van der Waals surface area contributed by atoms with Crippen LogP contribution in [0, 0.1) is 6.92 Å². The van der Waals surface area contributed by atoms with Gasteiger partial charge in [0.25, 0.3) is 0 Å². The lowest BCUT2D eigenvalue weighted by atomic mass is 10.0. The van der Waals surface area contributed by atoms with Gasteiger partial charge in [0.2, 0.25) is 11.7 Å². The number of nitrogens with one attached hydrogen (secondary N) is 2. The van der Waals surface area contributed by atoms with Gasteiger partial charge in [0.05, 0.1) is 12.0 Å². The smallest absolute Gasteiger partial charge is 0.340 e. The Balaban J connectivity index is 2.16. The number of fused-ring (bicyclic) bond motifs is 1. The van der Waals surface area contributed by atoms with Crippen molar-refractivity contribution in [3.05, 3.63) is 33.7 Å². The highest BCUT2D eigenvalue weighted by molar-refractivity contribution is 5.90. The molecule has 1 unspecified atom stereocenters. The number of carbonyl (C=O) groups is 3. The van der Waals surface area contributed by atoms with E-state index in [1.807, 2.05) is 0 Å². The molecular weight excluding hydrogens is 386 g/mol. The molecule has 0 fully saturated rings. The zero-order chi connectivity index (χ0) is 21.7. The highest BCUT2D eigenvalue weighted by atomic mass is 16.4. The molecule has 7 N–H and O–H groups in total. The van der Waals surface area contributed by atoms with Crippen LogP contribution in [-0.2, 0) is 16.0 Å². The number of aromatic hydroxyl groups is 2. The Morgan fingerprint density at radius 1 is 1.24 bits per heavy atom. The van der Waals surface area contributed by atoms with Gasteiger partial charge in [0.1, 0.15) is 6.04 Å². The minimum atomic E-state index is -1.26. The summed E-state index contributed by atoms with van der Waals surface area (Å²) in [6.07, 6.45) is -0.130. The Bertz CT molecular complexity index is 1010. The van der Waals surface area contributed by atoms with Gasteiger partial charge in [0.15, 0.2) is 11.3 Å². The van der Waals surface area contributed by atoms with Gasteiger partial charge in [-0.25, -0.2) is 14.4 Å². The lowest BCUT2D eigenvalue weighted by Crippen LogP contribution is -2.42. The maximum Gasteiger partial charge on any atom is 0.340 e. The zero-order valence-electron chi connectivity index (χ0n) is 15.5. The molecule has 29 heavy (non-hydrogen) atoms. The van der Waals surface area contributed by atoms with Gasteiger partial charge >= 0.3 is 17.6 Å². The van der Waals surface area contributed by atoms with E-state index in [1.54, 1.807) is 6.92 Å². The van der Waals surface area contributed by atoms with Gasteiger partial charge in [-0.2, -0.15) is 0 Å². The van der Waals surface area contributed by atoms with E-state index in [4.69, 9.17) is 10.2 Å². The SMILES string of the molecule is Cc1c(CC(=O)NC(CCCNC(N)=O)C(=O)O)c(=O)oc2c(O)c(O)ccc12. The van der Waals surface area contributed by atoms with Crippen LogP contribution >= 0.6 is 0 Å². The van der Waals surface area contributed by atoms with Gasteiger partial charge < -0.3 is 36.1 Å². The summed E-state index contributed by atoms with van der Waals surface area (Å²) < 4.78 is 5.03. The number of carboxylic acid groups (broad SMARTS) is 1. The summed E-state index contributed by atoms with van der Waals surface area (Å²) in [6, 6.07) is 0.690. The molecule has 1 aromatic heterocycles. The molecule has 0 saturated carbocycles. The van der Waals surface area contributed by atoms with Gasteiger partial charge in [0, 0.05) is 11.9 Å². The number of carboxylic acids is 1. The largest absolute Gasteiger partial charge is 0.504 e. The van der Waals surface area contributed by atoms with Crippen LogP contribution in [0.25, 0.3) is 11.0 Å². The highest BCUT2D eigenvalue weighted by Gasteiger charge is 2.22. The van der Waals surface area contributed by atoms with E-state index >= 15 is 0 Å². The molecule has 11 nitrogen and oxygen atoms in total. The van der Waals surface area contributed by atoms with E-state index in [-0.39, 0.29) is 30.5 Å². The standard InChI is InChI=1S/C18H21N3O8/c1-8-9-4-5-12(22)14(24)15(9)29-17(27)10(8)7-13(23)21-11(16(25)26)3-2-6-20-18(19)28/h4-5,11,22,24H,2-3,6-7H2,1H3,(H,21,23)(H,25,26)(H3,19,20,28). The summed E-state index contributed by atoms with van der Waals surface area (Å²) >= 11 is 0. The Morgan fingerprint density at radius 3 is 2.55 bits per heavy atom. The van der Waals surface area contributed by atoms with Crippen molar-refractivity contribution in [2.75, 3.05) is 6.54 Å². The van der Waals surface area contributed by atoms with Crippen LogP contribution in [0.3, 0.4) is 0 Å². The van der Waals surface area contributed by atoms with Gasteiger partial charge in [-0.05, 0) is 37.5 Å². The molecule has 0 saturated heterocycles. The van der Waals surface area contributed by atoms with Crippen molar-refractivity contribution in [2.24, 2.45) is 5.73 Å². The van der Waals surface area contributed by atoms with Gasteiger partial charge in [-0.15, -0.1) is 0 Å². The number of hydrogen-bond acceptors (Lipinski definition) is 7. The first-order valence-electron chi connectivity index (χ1n) is 8.64. The minimum absolute atomic E-state index is 0.000348. The van der Waals surface area contributed by atoms with Crippen LogP contribution in [0.4, 0.5) is 4.79 Å². The molecule has 156 valence electrons. The Hall–Kier alpha value is -3.76. The maximum atomic E-state index is 12.3. The number of nitrogens with two attached hydrogens (primary N) is 1. The molecule has 0 bridgehead atoms. The van der Waals surface area contributed by atoms with Crippen LogP contribution in [0.15, 0.2) is 21.3 Å². The van der Waals surface area contributed by atoms with Crippen LogP contribution in [-0.4, -0.2) is 45.8 Å². The van der Waals surface area contributed by atoms with Crippen molar-refractivity contribution in [2.45, 2.75) is 32.2 Å². The van der Waals surface area contributed by atoms with E-state index in [2.05, 4.69) is 10.6 Å². The summed E-state index contributed by atoms with van der Waals surface area (Å²) in [4.78, 5) is 46.5. The third kappa shape index (κ3) is 5.15. The fraction of sp³-hybridized carbons (Fsp3) is 0.333. The third-order valence-electron chi connectivity index (χ3n) is 4.35. The average molecular weight is 407 g/mol. The Morgan fingerprint density at radius 2 is 1.93 bits per heavy atom. The predicted molar refractivity (Wildman–Crippen MR) is 101 cm³/mol. The van der Waals surface area contributed by atoms with Crippen molar-refractivity contribution >= 4 is 28.9 Å². The van der Waals surface area contributed by atoms with Crippen molar-refractivity contribution < 1.29 is 34.1 Å². The third-order valence-corrected chi connectivity index (χ3v) is 4.35. The average Bonchev–Trinajstić information content (AvgIpc) is 2.64. The number of hydrogen-bond donors (Lipinski definition) is 6. The van der Waals surface area contributed by atoms with Crippen LogP contribution in [0.5, 0.6) is 11.5 Å². The number of carbonyl (C=O) groups excluding carboxylic acids is 2. The molecule has 2 aromatic rings. The molecule has 0 aliphatic heterocycles. The monoisotopic (exact) mass is 407 g/mol. The lowest BCUT2D eigenvalue weighted by Gasteiger charge is -2.15. The van der Waals surface area contributed by atoms with E-state index in [0.29, 0.717) is 10.9 Å². The molecule has 1 aromatic carbocycles. The number of phenolic OH excluding ortho intramolecular Hbond substituents is 2. The molecule has 2 rings (SSSR count). The summed E-state index contributed by atoms with van der Waals surface area (Å²) in [7, 11) is 0. The number of urea groups is 1. The molecule has 0 spiro atoms. The van der Waals surface area contributed by atoms with Gasteiger partial charge in [-0.1, -0.05) is 0 Å². The van der Waals surface area contributed by atoms with Gasteiger partial charge in [-0.3, -0.25) is 4.79 Å². The molecule has 11 heteroatoms. The first-order valence-corrected chi connectivity index (χ1v) is 8.64. The molecular formula is C18H21N3O8. The van der Waals surface area contributed by atoms with Crippen LogP contribution in [0.2, 0.25) is 0 Å². The normalized spacial score (nSPS) is 11.8. The Kier molecular flexibility index (Phi) is 6.65. The maximum absolute atomic E-state index is 12.3. The number of phenols is 2. The number of aryl methyl sites for hydroxylation is 1. The molecule has 3 amide bonds. The number of benzene rings is 1. The molecule has 0 radical (unpaired) electrons. The number of aliphatic carboxylic acids is 1. The fourth-order valence-corrected chi connectivity index (χ4v) is 2.82. The van der Waals surface area contributed by atoms with E-state index in [1.165, 1.54) is 12.1 Å². The second-order valence-electron chi connectivity index (χ2n) is 6.37. The molecule has 1 atom stereocenters. The number of primary amides is 1. The van der Waals surface area contributed by atoms with E-state index < -0.39 is 47.5 Å². The highest BCUT2D eigenvalue weighted by Crippen LogP contribution is 2.34. The molecule has 0 aliphatic carbocycles. The summed E-state index contributed by atoms with van der Waals surface area (Å²) in [6.45, 7) is 1.70. The van der Waals surface area contributed by atoms with Crippen molar-refractivity contribution in [3.8, 4) is 11.5 Å². The second-order valence-corrected chi connectivity index (χ2v) is 6.37. The number of amides is 3. The minimum Gasteiger partial charge on any atom is -0.504 e. The first kappa shape index (κ1) is 21.5. The number of rotatable bonds is 8. The molecule has 0 aliphatic rings. The van der Waals surface area contributed by atoms with Crippen LogP contribution < -0.4 is 22.0 Å². The summed E-state index contributed by atoms with van der Waals surface area (Å²) in [5.41, 5.74) is 4.19. The topological polar surface area (TPSA) is 192 Å². The summed E-state index contributed by atoms with van der Waals surface area (Å²) in [5, 5.41) is 33.6. The quantitative estimate of drug-likeness (QED) is 0.201. The zero-order valence-corrected chi connectivity index (χ0v) is 15.5. The van der Waals surface area contributed by atoms with Crippen LogP contribution in [0.1, 0.15) is 24.0 Å². The fourth-order valence-electron chi connectivity index (χ4n) is 2.82.